The van der Waals surface area contributed by atoms with Gasteiger partial charge in [-0.3, -0.25) is 24.2 Å². The molecule has 0 aliphatic carbocycles. The molecule has 0 saturated carbocycles. The second-order valence-corrected chi connectivity index (χ2v) is 8.71. The Morgan fingerprint density at radius 1 is 1.12 bits per heavy atom. The van der Waals surface area contributed by atoms with Crippen LogP contribution in [0, 0.1) is 13.8 Å². The van der Waals surface area contributed by atoms with Gasteiger partial charge in [0.05, 0.1) is 35.9 Å². The highest BCUT2D eigenvalue weighted by atomic mass is 16.2. The predicted molar refractivity (Wildman–Crippen MR) is 127 cm³/mol. The number of hydrogen-bond donors (Lipinski definition) is 2. The van der Waals surface area contributed by atoms with E-state index in [1.165, 1.54) is 0 Å². The number of aryl methyl sites for hydroxylation is 1. The third kappa shape index (κ3) is 4.80. The van der Waals surface area contributed by atoms with Gasteiger partial charge in [-0.2, -0.15) is 5.10 Å². The first-order chi connectivity index (χ1) is 15.9. The van der Waals surface area contributed by atoms with Gasteiger partial charge in [-0.25, -0.2) is 0 Å². The van der Waals surface area contributed by atoms with E-state index in [4.69, 9.17) is 5.73 Å². The molecule has 8 heteroatoms. The molecule has 33 heavy (non-hydrogen) atoms. The number of carbonyl (C=O) groups is 2. The van der Waals surface area contributed by atoms with Crippen molar-refractivity contribution >= 4 is 17.5 Å². The maximum absolute atomic E-state index is 12.9. The zero-order valence-electron chi connectivity index (χ0n) is 19.1. The molecule has 1 atom stereocenters. The van der Waals surface area contributed by atoms with E-state index in [9.17, 15) is 9.59 Å². The molecule has 3 aromatic rings. The molecule has 1 aliphatic rings. The summed E-state index contributed by atoms with van der Waals surface area (Å²) in [7, 11) is 0. The Balaban J connectivity index is 1.45. The van der Waals surface area contributed by atoms with E-state index < -0.39 is 11.3 Å². The topological polar surface area (TPSA) is 106 Å². The quantitative estimate of drug-likeness (QED) is 0.580. The van der Waals surface area contributed by atoms with Crippen molar-refractivity contribution in [2.75, 3.05) is 25.0 Å². The van der Waals surface area contributed by atoms with E-state index in [0.29, 0.717) is 25.2 Å². The van der Waals surface area contributed by atoms with Crippen LogP contribution in [-0.4, -0.2) is 51.1 Å². The van der Waals surface area contributed by atoms with Crippen molar-refractivity contribution in [3.05, 3.63) is 77.4 Å². The van der Waals surface area contributed by atoms with Crippen LogP contribution in [0.15, 0.2) is 54.7 Å². The Morgan fingerprint density at radius 3 is 2.58 bits per heavy atom. The number of primary amides is 1. The summed E-state index contributed by atoms with van der Waals surface area (Å²) in [5.74, 6) is -0.540. The number of nitrogens with zero attached hydrogens (tertiary/aromatic N) is 4. The number of pyridine rings is 1. The summed E-state index contributed by atoms with van der Waals surface area (Å²) in [6.45, 7) is 5.76. The number of piperidine rings is 1. The Labute approximate surface area is 193 Å². The Morgan fingerprint density at radius 2 is 1.88 bits per heavy atom. The first-order valence-electron chi connectivity index (χ1n) is 11.2. The van der Waals surface area contributed by atoms with Gasteiger partial charge in [-0.1, -0.05) is 36.4 Å². The largest absolute Gasteiger partial charge is 0.369 e. The average molecular weight is 447 g/mol. The van der Waals surface area contributed by atoms with E-state index in [1.54, 1.807) is 6.20 Å². The van der Waals surface area contributed by atoms with Crippen LogP contribution in [0.5, 0.6) is 0 Å². The lowest BCUT2D eigenvalue weighted by molar-refractivity contribution is -0.127. The van der Waals surface area contributed by atoms with Crippen molar-refractivity contribution in [1.82, 2.24) is 19.7 Å². The molecule has 2 amide bonds. The van der Waals surface area contributed by atoms with Gasteiger partial charge < -0.3 is 11.1 Å². The van der Waals surface area contributed by atoms with E-state index >= 15 is 0 Å². The van der Waals surface area contributed by atoms with Gasteiger partial charge in [0.25, 0.3) is 0 Å². The minimum atomic E-state index is -0.883. The number of amides is 2. The van der Waals surface area contributed by atoms with Crippen LogP contribution >= 0.6 is 0 Å². The number of nitrogens with two attached hydrogens (primary N) is 1. The lowest BCUT2D eigenvalue weighted by atomic mass is 9.76. The smallest absolute Gasteiger partial charge is 0.238 e. The molecule has 8 nitrogen and oxygen atoms in total. The highest BCUT2D eigenvalue weighted by Gasteiger charge is 2.43. The van der Waals surface area contributed by atoms with E-state index in [-0.39, 0.29) is 12.5 Å². The lowest BCUT2D eigenvalue weighted by Crippen LogP contribution is -2.55. The van der Waals surface area contributed by atoms with Gasteiger partial charge in [0.15, 0.2) is 0 Å². The summed E-state index contributed by atoms with van der Waals surface area (Å²) in [5, 5.41) is 7.64. The summed E-state index contributed by atoms with van der Waals surface area (Å²) in [4.78, 5) is 31.8. The number of carbonyl (C=O) groups excluding carboxylic acids is 2. The molecule has 3 N–H and O–H groups in total. The van der Waals surface area contributed by atoms with Gasteiger partial charge in [-0.15, -0.1) is 0 Å². The van der Waals surface area contributed by atoms with E-state index in [1.807, 2.05) is 59.8 Å². The summed E-state index contributed by atoms with van der Waals surface area (Å²) in [6, 6.07) is 15.6. The molecule has 4 rings (SSSR count). The van der Waals surface area contributed by atoms with Crippen LogP contribution in [-0.2, 0) is 21.5 Å². The number of nitrogens with one attached hydrogen (secondary N) is 1. The molecule has 1 aliphatic heterocycles. The molecule has 0 bridgehead atoms. The SMILES string of the molecule is Cc1nn(Cc2ccccc2)c(C)c1NC(=O)CN1CCC[C@](C(N)=O)(c2ccccn2)C1. The fourth-order valence-electron chi connectivity index (χ4n) is 4.63. The number of rotatable bonds is 7. The van der Waals surface area contributed by atoms with Gasteiger partial charge >= 0.3 is 0 Å². The molecule has 2 aromatic heterocycles. The van der Waals surface area contributed by atoms with Crippen LogP contribution in [0.1, 0.15) is 35.5 Å². The average Bonchev–Trinajstić information content (AvgIpc) is 3.07. The molecule has 0 spiro atoms. The summed E-state index contributed by atoms with van der Waals surface area (Å²) < 4.78 is 1.90. The number of benzene rings is 1. The second kappa shape index (κ2) is 9.54. The third-order valence-electron chi connectivity index (χ3n) is 6.39. The standard InChI is InChI=1S/C25H30N6O2/c1-18-23(19(2)31(29-18)15-20-9-4-3-5-10-20)28-22(32)16-30-14-8-12-25(17-30,24(26)33)21-11-6-7-13-27-21/h3-7,9-11,13H,8,12,14-17H2,1-2H3,(H2,26,33)(H,28,32)/t25-/m1/s1. The second-order valence-electron chi connectivity index (χ2n) is 8.71. The van der Waals surface area contributed by atoms with Crippen LogP contribution in [0.4, 0.5) is 5.69 Å². The van der Waals surface area contributed by atoms with Crippen LogP contribution in [0.3, 0.4) is 0 Å². The minimum Gasteiger partial charge on any atom is -0.369 e. The fraction of sp³-hybridized carbons (Fsp3) is 0.360. The lowest BCUT2D eigenvalue weighted by Gasteiger charge is -2.40. The molecule has 1 fully saturated rings. The highest BCUT2D eigenvalue weighted by molar-refractivity contribution is 5.93. The summed E-state index contributed by atoms with van der Waals surface area (Å²) in [6.07, 6.45) is 3.06. The predicted octanol–water partition coefficient (Wildman–Crippen LogP) is 2.40. The summed E-state index contributed by atoms with van der Waals surface area (Å²) >= 11 is 0. The highest BCUT2D eigenvalue weighted by Crippen LogP contribution is 2.33. The minimum absolute atomic E-state index is 0.137. The first kappa shape index (κ1) is 22.7. The van der Waals surface area contributed by atoms with Crippen molar-refractivity contribution in [2.45, 2.75) is 38.6 Å². The van der Waals surface area contributed by atoms with Gasteiger partial charge in [0.2, 0.25) is 11.8 Å². The molecule has 3 heterocycles. The Hall–Kier alpha value is -3.52. The number of anilines is 1. The molecular weight excluding hydrogens is 416 g/mol. The van der Waals surface area contributed by atoms with Crippen molar-refractivity contribution in [3.8, 4) is 0 Å². The Kier molecular flexibility index (Phi) is 6.55. The molecule has 0 radical (unpaired) electrons. The number of aromatic nitrogens is 3. The van der Waals surface area contributed by atoms with Gasteiger partial charge in [-0.05, 0) is 50.9 Å². The number of hydrogen-bond acceptors (Lipinski definition) is 5. The van der Waals surface area contributed by atoms with E-state index in [2.05, 4.69) is 27.5 Å². The molecule has 1 aromatic carbocycles. The Bertz CT molecular complexity index is 1130. The monoisotopic (exact) mass is 446 g/mol. The molecule has 172 valence electrons. The molecule has 1 saturated heterocycles. The molecular formula is C25H30N6O2. The maximum Gasteiger partial charge on any atom is 0.238 e. The number of likely N-dealkylation sites (tertiary alicyclic amines) is 1. The zero-order chi connectivity index (χ0) is 23.4. The summed E-state index contributed by atoms with van der Waals surface area (Å²) in [5.41, 5.74) is 9.18. The van der Waals surface area contributed by atoms with Crippen LogP contribution in [0.25, 0.3) is 0 Å². The van der Waals surface area contributed by atoms with Crippen molar-refractivity contribution in [3.63, 3.8) is 0 Å². The zero-order valence-corrected chi connectivity index (χ0v) is 19.1. The van der Waals surface area contributed by atoms with Gasteiger partial charge in [0, 0.05) is 12.7 Å². The normalized spacial score (nSPS) is 18.7. The van der Waals surface area contributed by atoms with Crippen LogP contribution in [0.2, 0.25) is 0 Å². The van der Waals surface area contributed by atoms with E-state index in [0.717, 1.165) is 35.6 Å². The third-order valence-corrected chi connectivity index (χ3v) is 6.39. The first-order valence-corrected chi connectivity index (χ1v) is 11.2. The van der Waals surface area contributed by atoms with Crippen molar-refractivity contribution < 1.29 is 9.59 Å². The molecule has 0 unspecified atom stereocenters. The maximum atomic E-state index is 12.9. The van der Waals surface area contributed by atoms with Gasteiger partial charge in [0.1, 0.15) is 5.41 Å². The van der Waals surface area contributed by atoms with Crippen LogP contribution < -0.4 is 11.1 Å². The van der Waals surface area contributed by atoms with Crippen molar-refractivity contribution in [2.24, 2.45) is 5.73 Å². The van der Waals surface area contributed by atoms with Crippen molar-refractivity contribution in [1.29, 1.82) is 0 Å². The fourth-order valence-corrected chi connectivity index (χ4v) is 4.63.